The first kappa shape index (κ1) is 16.5. The van der Waals surface area contributed by atoms with Crippen molar-refractivity contribution in [3.05, 3.63) is 35.4 Å². The molecule has 118 valence electrons. The molecular formula is C18H31N3. The van der Waals surface area contributed by atoms with E-state index >= 15 is 0 Å². The molecule has 1 aliphatic rings. The zero-order valence-electron chi connectivity index (χ0n) is 14.0. The van der Waals surface area contributed by atoms with Crippen LogP contribution >= 0.6 is 0 Å². The fourth-order valence-corrected chi connectivity index (χ4v) is 3.58. The van der Waals surface area contributed by atoms with Crippen molar-refractivity contribution in [2.75, 3.05) is 33.7 Å². The van der Waals surface area contributed by atoms with Crippen molar-refractivity contribution in [1.82, 2.24) is 9.80 Å². The summed E-state index contributed by atoms with van der Waals surface area (Å²) in [6.45, 7) is 7.88. The molecule has 1 heterocycles. The van der Waals surface area contributed by atoms with Gasteiger partial charge in [0.1, 0.15) is 0 Å². The third kappa shape index (κ3) is 4.53. The largest absolute Gasteiger partial charge is 0.326 e. The molecule has 0 radical (unpaired) electrons. The third-order valence-corrected chi connectivity index (χ3v) is 4.74. The Hall–Kier alpha value is -0.900. The van der Waals surface area contributed by atoms with Gasteiger partial charge in [0.2, 0.25) is 0 Å². The zero-order chi connectivity index (χ0) is 15.4. The zero-order valence-corrected chi connectivity index (χ0v) is 14.0. The van der Waals surface area contributed by atoms with E-state index in [-0.39, 0.29) is 6.04 Å². The fourth-order valence-electron chi connectivity index (χ4n) is 3.58. The molecule has 0 aliphatic carbocycles. The molecule has 3 nitrogen and oxygen atoms in total. The van der Waals surface area contributed by atoms with Gasteiger partial charge < -0.3 is 10.6 Å². The van der Waals surface area contributed by atoms with Gasteiger partial charge in [0.15, 0.2) is 0 Å². The van der Waals surface area contributed by atoms with Gasteiger partial charge in [-0.3, -0.25) is 4.90 Å². The first-order valence-electron chi connectivity index (χ1n) is 8.18. The van der Waals surface area contributed by atoms with Crippen molar-refractivity contribution in [1.29, 1.82) is 0 Å². The lowest BCUT2D eigenvalue weighted by Crippen LogP contribution is -2.42. The Bertz CT molecular complexity index is 436. The number of hydrogen-bond donors (Lipinski definition) is 1. The number of benzene rings is 1. The Morgan fingerprint density at radius 3 is 2.57 bits per heavy atom. The Morgan fingerprint density at radius 1 is 1.33 bits per heavy atom. The first-order chi connectivity index (χ1) is 9.97. The van der Waals surface area contributed by atoms with Gasteiger partial charge in [0.05, 0.1) is 0 Å². The Balaban J connectivity index is 2.04. The number of piperidine rings is 1. The topological polar surface area (TPSA) is 32.5 Å². The van der Waals surface area contributed by atoms with Crippen LogP contribution in [0.1, 0.15) is 36.9 Å². The van der Waals surface area contributed by atoms with Crippen molar-refractivity contribution < 1.29 is 0 Å². The van der Waals surface area contributed by atoms with Crippen LogP contribution in [0, 0.1) is 12.8 Å². The van der Waals surface area contributed by atoms with E-state index in [1.165, 1.54) is 37.1 Å². The highest BCUT2D eigenvalue weighted by Gasteiger charge is 2.25. The van der Waals surface area contributed by atoms with Crippen LogP contribution in [-0.4, -0.2) is 49.6 Å². The van der Waals surface area contributed by atoms with Crippen LogP contribution in [0.4, 0.5) is 0 Å². The molecule has 1 aromatic rings. The summed E-state index contributed by atoms with van der Waals surface area (Å²) < 4.78 is 0. The maximum absolute atomic E-state index is 6.30. The number of hydrogen-bond acceptors (Lipinski definition) is 3. The standard InChI is InChI=1S/C18H31N3/c1-14-6-5-7-17(12-14)18(15(2)19)21(4)13-16-8-10-20(3)11-9-16/h5-7,12,15-16,18H,8-11,13,19H2,1-4H3. The van der Waals surface area contributed by atoms with Crippen LogP contribution in [-0.2, 0) is 0 Å². The number of nitrogens with zero attached hydrogens (tertiary/aromatic N) is 2. The highest BCUT2D eigenvalue weighted by atomic mass is 15.2. The van der Waals surface area contributed by atoms with Gasteiger partial charge in [-0.05, 0) is 65.4 Å². The number of likely N-dealkylation sites (tertiary alicyclic amines) is 1. The summed E-state index contributed by atoms with van der Waals surface area (Å²) in [6, 6.07) is 9.24. The second-order valence-electron chi connectivity index (χ2n) is 6.90. The van der Waals surface area contributed by atoms with E-state index in [0.29, 0.717) is 6.04 Å². The van der Waals surface area contributed by atoms with Crippen LogP contribution in [0.25, 0.3) is 0 Å². The molecule has 1 aromatic carbocycles. The highest BCUT2D eigenvalue weighted by molar-refractivity contribution is 5.26. The molecular weight excluding hydrogens is 258 g/mol. The highest BCUT2D eigenvalue weighted by Crippen LogP contribution is 2.26. The van der Waals surface area contributed by atoms with Crippen LogP contribution in [0.5, 0.6) is 0 Å². The molecule has 2 unspecified atom stereocenters. The summed E-state index contributed by atoms with van der Waals surface area (Å²) in [7, 11) is 4.45. The summed E-state index contributed by atoms with van der Waals surface area (Å²) in [5, 5.41) is 0. The predicted molar refractivity (Wildman–Crippen MR) is 90.4 cm³/mol. The lowest BCUT2D eigenvalue weighted by Gasteiger charge is -2.37. The molecule has 1 saturated heterocycles. The minimum atomic E-state index is 0.142. The maximum Gasteiger partial charge on any atom is 0.0493 e. The summed E-state index contributed by atoms with van der Waals surface area (Å²) >= 11 is 0. The minimum absolute atomic E-state index is 0.142. The Morgan fingerprint density at radius 2 is 2.00 bits per heavy atom. The van der Waals surface area contributed by atoms with Gasteiger partial charge in [-0.1, -0.05) is 29.8 Å². The van der Waals surface area contributed by atoms with Crippen molar-refractivity contribution in [3.63, 3.8) is 0 Å². The SMILES string of the molecule is Cc1cccc(C(C(C)N)N(C)CC2CCN(C)CC2)c1. The molecule has 0 aromatic heterocycles. The minimum Gasteiger partial charge on any atom is -0.326 e. The van der Waals surface area contributed by atoms with Crippen molar-refractivity contribution in [2.45, 2.75) is 38.8 Å². The van der Waals surface area contributed by atoms with Gasteiger partial charge in [0.25, 0.3) is 0 Å². The van der Waals surface area contributed by atoms with Gasteiger partial charge in [-0.2, -0.15) is 0 Å². The summed E-state index contributed by atoms with van der Waals surface area (Å²) in [6.07, 6.45) is 2.61. The quantitative estimate of drug-likeness (QED) is 0.904. The van der Waals surface area contributed by atoms with E-state index < -0.39 is 0 Å². The van der Waals surface area contributed by atoms with E-state index in [0.717, 1.165) is 12.5 Å². The molecule has 0 amide bonds. The van der Waals surface area contributed by atoms with Gasteiger partial charge in [-0.25, -0.2) is 0 Å². The second kappa shape index (κ2) is 7.39. The van der Waals surface area contributed by atoms with Crippen LogP contribution < -0.4 is 5.73 Å². The van der Waals surface area contributed by atoms with Gasteiger partial charge in [-0.15, -0.1) is 0 Å². The fraction of sp³-hybridized carbons (Fsp3) is 0.667. The number of likely N-dealkylation sites (N-methyl/N-ethyl adjacent to an activating group) is 1. The normalized spacial score (nSPS) is 20.7. The maximum atomic E-state index is 6.30. The molecule has 2 N–H and O–H groups in total. The average Bonchev–Trinajstić information content (AvgIpc) is 2.41. The van der Waals surface area contributed by atoms with Gasteiger partial charge in [0, 0.05) is 18.6 Å². The lowest BCUT2D eigenvalue weighted by molar-refractivity contribution is 0.140. The smallest absolute Gasteiger partial charge is 0.0493 e. The predicted octanol–water partition coefficient (Wildman–Crippen LogP) is 2.66. The van der Waals surface area contributed by atoms with Crippen molar-refractivity contribution in [2.24, 2.45) is 11.7 Å². The molecule has 0 spiro atoms. The van der Waals surface area contributed by atoms with E-state index in [2.05, 4.69) is 62.0 Å². The summed E-state index contributed by atoms with van der Waals surface area (Å²) in [5.41, 5.74) is 8.96. The van der Waals surface area contributed by atoms with Crippen molar-refractivity contribution >= 4 is 0 Å². The third-order valence-electron chi connectivity index (χ3n) is 4.74. The molecule has 3 heteroatoms. The van der Waals surface area contributed by atoms with E-state index in [9.17, 15) is 0 Å². The summed E-state index contributed by atoms with van der Waals surface area (Å²) in [4.78, 5) is 4.90. The Labute approximate surface area is 130 Å². The first-order valence-corrected chi connectivity index (χ1v) is 8.18. The molecule has 2 rings (SSSR count). The number of nitrogens with two attached hydrogens (primary N) is 1. The molecule has 21 heavy (non-hydrogen) atoms. The number of aryl methyl sites for hydroxylation is 1. The average molecular weight is 289 g/mol. The lowest BCUT2D eigenvalue weighted by atomic mass is 9.93. The molecule has 2 atom stereocenters. The number of rotatable bonds is 5. The molecule has 0 saturated carbocycles. The molecule has 0 bridgehead atoms. The summed E-state index contributed by atoms with van der Waals surface area (Å²) in [5.74, 6) is 0.803. The van der Waals surface area contributed by atoms with E-state index in [4.69, 9.17) is 5.73 Å². The second-order valence-corrected chi connectivity index (χ2v) is 6.90. The van der Waals surface area contributed by atoms with E-state index in [1.807, 2.05) is 0 Å². The van der Waals surface area contributed by atoms with Crippen LogP contribution in [0.3, 0.4) is 0 Å². The van der Waals surface area contributed by atoms with Gasteiger partial charge >= 0.3 is 0 Å². The Kier molecular flexibility index (Phi) is 5.80. The monoisotopic (exact) mass is 289 g/mol. The molecule has 1 fully saturated rings. The van der Waals surface area contributed by atoms with Crippen molar-refractivity contribution in [3.8, 4) is 0 Å². The molecule has 1 aliphatic heterocycles. The van der Waals surface area contributed by atoms with E-state index in [1.54, 1.807) is 0 Å². The van der Waals surface area contributed by atoms with Crippen LogP contribution in [0.2, 0.25) is 0 Å². The van der Waals surface area contributed by atoms with Crippen LogP contribution in [0.15, 0.2) is 24.3 Å².